The second kappa shape index (κ2) is 6.00. The highest BCUT2D eigenvalue weighted by atomic mass is 19.1. The van der Waals surface area contributed by atoms with Crippen LogP contribution in [0.15, 0.2) is 48.5 Å². The Kier molecular flexibility index (Phi) is 4.13. The maximum Gasteiger partial charge on any atom is 0.338 e. The fraction of sp³-hybridized carbons (Fsp3) is 0.133. The molecule has 0 fully saturated rings. The van der Waals surface area contributed by atoms with Gasteiger partial charge in [0.15, 0.2) is 0 Å². The molecule has 0 unspecified atom stereocenters. The van der Waals surface area contributed by atoms with E-state index in [1.54, 1.807) is 13.2 Å². The average Bonchev–Trinajstić information content (AvgIpc) is 2.46. The summed E-state index contributed by atoms with van der Waals surface area (Å²) >= 11 is 0. The molecular weight excluding hydrogens is 247 g/mol. The lowest BCUT2D eigenvalue weighted by molar-refractivity contribution is 0.0472. The third kappa shape index (κ3) is 3.55. The van der Waals surface area contributed by atoms with Gasteiger partial charge in [0.25, 0.3) is 0 Å². The standard InChI is InChI=1S/C15H13FO3/c1-18-14-4-2-3-11(9-14)10-19-15(17)12-5-7-13(16)8-6-12/h2-9H,10H2,1H3. The number of methoxy groups -OCH3 is 1. The van der Waals surface area contributed by atoms with Gasteiger partial charge in [-0.15, -0.1) is 0 Å². The van der Waals surface area contributed by atoms with E-state index in [-0.39, 0.29) is 12.4 Å². The predicted octanol–water partition coefficient (Wildman–Crippen LogP) is 3.19. The van der Waals surface area contributed by atoms with Gasteiger partial charge >= 0.3 is 5.97 Å². The summed E-state index contributed by atoms with van der Waals surface area (Å²) in [5.74, 6) is -0.164. The van der Waals surface area contributed by atoms with Crippen molar-refractivity contribution in [3.8, 4) is 5.75 Å². The summed E-state index contributed by atoms with van der Waals surface area (Å²) in [5, 5.41) is 0. The third-order valence-electron chi connectivity index (χ3n) is 2.58. The molecule has 2 aromatic carbocycles. The van der Waals surface area contributed by atoms with Gasteiger partial charge in [-0.1, -0.05) is 12.1 Å². The predicted molar refractivity (Wildman–Crippen MR) is 68.5 cm³/mol. The number of carbonyl (C=O) groups excluding carboxylic acids is 1. The molecule has 0 radical (unpaired) electrons. The molecule has 2 aromatic rings. The van der Waals surface area contributed by atoms with E-state index in [1.165, 1.54) is 24.3 Å². The zero-order valence-electron chi connectivity index (χ0n) is 10.4. The summed E-state index contributed by atoms with van der Waals surface area (Å²) in [6.07, 6.45) is 0. The molecule has 3 nitrogen and oxygen atoms in total. The normalized spacial score (nSPS) is 10.0. The molecule has 4 heteroatoms. The fourth-order valence-electron chi connectivity index (χ4n) is 1.58. The number of halogens is 1. The van der Waals surface area contributed by atoms with Crippen molar-refractivity contribution in [2.75, 3.05) is 7.11 Å². The van der Waals surface area contributed by atoms with Crippen molar-refractivity contribution in [3.63, 3.8) is 0 Å². The molecular formula is C15H13FO3. The molecule has 0 amide bonds. The number of rotatable bonds is 4. The van der Waals surface area contributed by atoms with Crippen LogP contribution in [0.3, 0.4) is 0 Å². The lowest BCUT2D eigenvalue weighted by Gasteiger charge is -2.06. The lowest BCUT2D eigenvalue weighted by Crippen LogP contribution is -2.05. The van der Waals surface area contributed by atoms with Crippen LogP contribution in [-0.2, 0) is 11.3 Å². The Bertz CT molecular complexity index is 564. The Morgan fingerprint density at radius 2 is 1.89 bits per heavy atom. The molecule has 0 saturated carbocycles. The van der Waals surface area contributed by atoms with E-state index in [4.69, 9.17) is 9.47 Å². The van der Waals surface area contributed by atoms with Crippen molar-refractivity contribution in [3.05, 3.63) is 65.5 Å². The first-order valence-electron chi connectivity index (χ1n) is 5.74. The summed E-state index contributed by atoms with van der Waals surface area (Å²) in [6, 6.07) is 12.5. The first-order valence-corrected chi connectivity index (χ1v) is 5.74. The van der Waals surface area contributed by atoms with Gasteiger partial charge in [-0.2, -0.15) is 0 Å². The fourth-order valence-corrected chi connectivity index (χ4v) is 1.58. The first-order chi connectivity index (χ1) is 9.19. The second-order valence-corrected chi connectivity index (χ2v) is 3.93. The highest BCUT2D eigenvalue weighted by molar-refractivity contribution is 5.89. The van der Waals surface area contributed by atoms with Crippen molar-refractivity contribution in [1.29, 1.82) is 0 Å². The quantitative estimate of drug-likeness (QED) is 0.792. The zero-order chi connectivity index (χ0) is 13.7. The van der Waals surface area contributed by atoms with Gasteiger partial charge in [-0.05, 0) is 42.0 Å². The summed E-state index contributed by atoms with van der Waals surface area (Å²) < 4.78 is 22.9. The highest BCUT2D eigenvalue weighted by Gasteiger charge is 2.07. The molecule has 0 aliphatic heterocycles. The Morgan fingerprint density at radius 1 is 1.16 bits per heavy atom. The number of hydrogen-bond donors (Lipinski definition) is 0. The Morgan fingerprint density at radius 3 is 2.58 bits per heavy atom. The molecule has 0 heterocycles. The van der Waals surface area contributed by atoms with Gasteiger partial charge in [-0.25, -0.2) is 9.18 Å². The van der Waals surface area contributed by atoms with Gasteiger partial charge in [0.1, 0.15) is 18.2 Å². The molecule has 0 N–H and O–H groups in total. The van der Waals surface area contributed by atoms with Crippen LogP contribution in [0.25, 0.3) is 0 Å². The van der Waals surface area contributed by atoms with E-state index in [1.807, 2.05) is 18.2 Å². The number of hydrogen-bond acceptors (Lipinski definition) is 3. The van der Waals surface area contributed by atoms with Crippen molar-refractivity contribution in [2.24, 2.45) is 0 Å². The van der Waals surface area contributed by atoms with Gasteiger partial charge in [0.2, 0.25) is 0 Å². The van der Waals surface area contributed by atoms with E-state index in [0.717, 1.165) is 5.56 Å². The van der Waals surface area contributed by atoms with Gasteiger partial charge in [0, 0.05) is 0 Å². The highest BCUT2D eigenvalue weighted by Crippen LogP contribution is 2.14. The van der Waals surface area contributed by atoms with E-state index in [0.29, 0.717) is 11.3 Å². The molecule has 2 rings (SSSR count). The van der Waals surface area contributed by atoms with E-state index >= 15 is 0 Å². The van der Waals surface area contributed by atoms with Crippen LogP contribution in [-0.4, -0.2) is 13.1 Å². The van der Waals surface area contributed by atoms with E-state index < -0.39 is 5.97 Å². The minimum atomic E-state index is -0.484. The van der Waals surface area contributed by atoms with Crippen molar-refractivity contribution in [2.45, 2.75) is 6.61 Å². The third-order valence-corrected chi connectivity index (χ3v) is 2.58. The monoisotopic (exact) mass is 260 g/mol. The maximum atomic E-state index is 12.7. The SMILES string of the molecule is COc1cccc(COC(=O)c2ccc(F)cc2)c1. The summed E-state index contributed by atoms with van der Waals surface area (Å²) in [4.78, 5) is 11.7. The topological polar surface area (TPSA) is 35.5 Å². The largest absolute Gasteiger partial charge is 0.497 e. The molecule has 19 heavy (non-hydrogen) atoms. The number of carbonyl (C=O) groups is 1. The van der Waals surface area contributed by atoms with Crippen molar-refractivity contribution < 1.29 is 18.7 Å². The Labute approximate surface area is 110 Å². The second-order valence-electron chi connectivity index (χ2n) is 3.93. The zero-order valence-corrected chi connectivity index (χ0v) is 10.4. The molecule has 0 bridgehead atoms. The smallest absolute Gasteiger partial charge is 0.338 e. The van der Waals surface area contributed by atoms with Crippen LogP contribution >= 0.6 is 0 Å². The maximum absolute atomic E-state index is 12.7. The lowest BCUT2D eigenvalue weighted by atomic mass is 10.2. The van der Waals surface area contributed by atoms with Crippen LogP contribution in [0.1, 0.15) is 15.9 Å². The summed E-state index contributed by atoms with van der Waals surface area (Å²) in [7, 11) is 1.57. The average molecular weight is 260 g/mol. The van der Waals surface area contributed by atoms with Gasteiger partial charge in [-0.3, -0.25) is 0 Å². The van der Waals surface area contributed by atoms with Crippen LogP contribution in [0.2, 0.25) is 0 Å². The Balaban J connectivity index is 1.98. The van der Waals surface area contributed by atoms with Crippen LogP contribution in [0.5, 0.6) is 5.75 Å². The first kappa shape index (κ1) is 13.1. The van der Waals surface area contributed by atoms with E-state index in [9.17, 15) is 9.18 Å². The van der Waals surface area contributed by atoms with E-state index in [2.05, 4.69) is 0 Å². The number of ether oxygens (including phenoxy) is 2. The molecule has 0 spiro atoms. The van der Waals surface area contributed by atoms with Gasteiger partial charge in [0.05, 0.1) is 12.7 Å². The minimum absolute atomic E-state index is 0.146. The minimum Gasteiger partial charge on any atom is -0.497 e. The summed E-state index contributed by atoms with van der Waals surface area (Å²) in [6.45, 7) is 0.146. The van der Waals surface area contributed by atoms with Crippen LogP contribution < -0.4 is 4.74 Å². The molecule has 0 saturated heterocycles. The van der Waals surface area contributed by atoms with Gasteiger partial charge < -0.3 is 9.47 Å². The Hall–Kier alpha value is -2.36. The molecule has 0 aliphatic rings. The molecule has 0 aromatic heterocycles. The van der Waals surface area contributed by atoms with Crippen molar-refractivity contribution in [1.82, 2.24) is 0 Å². The van der Waals surface area contributed by atoms with Crippen LogP contribution in [0.4, 0.5) is 4.39 Å². The molecule has 98 valence electrons. The summed E-state index contributed by atoms with van der Waals surface area (Å²) in [5.41, 5.74) is 1.15. The number of esters is 1. The number of benzene rings is 2. The molecule has 0 atom stereocenters. The molecule has 0 aliphatic carbocycles. The van der Waals surface area contributed by atoms with Crippen molar-refractivity contribution >= 4 is 5.97 Å². The van der Waals surface area contributed by atoms with Crippen LogP contribution in [0, 0.1) is 5.82 Å².